The van der Waals surface area contributed by atoms with Crippen molar-refractivity contribution in [3.63, 3.8) is 0 Å². The molecule has 0 spiro atoms. The lowest BCUT2D eigenvalue weighted by Crippen LogP contribution is -1.90. The molecule has 128 valence electrons. The van der Waals surface area contributed by atoms with Crippen LogP contribution in [0.4, 0.5) is 0 Å². The first kappa shape index (κ1) is 18.7. The minimum atomic E-state index is 0.704. The minimum absolute atomic E-state index is 0.704. The first-order valence-corrected chi connectivity index (χ1v) is 10.1. The number of hydrogen-bond acceptors (Lipinski definition) is 4. The molecule has 0 aliphatic heterocycles. The van der Waals surface area contributed by atoms with Crippen molar-refractivity contribution in [2.45, 2.75) is 13.8 Å². The van der Waals surface area contributed by atoms with Crippen LogP contribution in [0, 0.1) is 13.8 Å². The minimum Gasteiger partial charge on any atom is -0.646 e. The summed E-state index contributed by atoms with van der Waals surface area (Å²) in [7, 11) is 0. The Morgan fingerprint density at radius 3 is 1.42 bits per heavy atom. The van der Waals surface area contributed by atoms with E-state index < -0.39 is 0 Å². The molecule has 0 amide bonds. The molecule has 2 aromatic carbocycles. The molecule has 0 aliphatic carbocycles. The van der Waals surface area contributed by atoms with E-state index >= 15 is 0 Å². The third-order valence-corrected chi connectivity index (χ3v) is 4.96. The molecule has 0 saturated heterocycles. The van der Waals surface area contributed by atoms with Crippen molar-refractivity contribution in [1.29, 1.82) is 0 Å². The molecule has 0 atom stereocenters. The zero-order valence-corrected chi connectivity index (χ0v) is 19.5. The molecule has 4 nitrogen and oxygen atoms in total. The maximum Gasteiger partial charge on any atom is 0.497 e. The highest BCUT2D eigenvalue weighted by Gasteiger charge is 2.01. The molecule has 0 radical (unpaired) electrons. The second-order valence-corrected chi connectivity index (χ2v) is 6.79. The van der Waals surface area contributed by atoms with Crippen molar-refractivity contribution in [2.75, 3.05) is 0 Å². The van der Waals surface area contributed by atoms with E-state index in [0.29, 0.717) is 33.2 Å². The quantitative estimate of drug-likeness (QED) is 0.506. The van der Waals surface area contributed by atoms with Crippen LogP contribution < -0.4 is 7.58 Å². The van der Waals surface area contributed by atoms with Gasteiger partial charge in [-0.25, -0.2) is 9.97 Å². The summed E-state index contributed by atoms with van der Waals surface area (Å²) in [6.07, 6.45) is 0. The summed E-state index contributed by atoms with van der Waals surface area (Å²) in [5, 5.41) is 2.28. The number of fused-ring (bicyclic) bond motifs is 2. The van der Waals surface area contributed by atoms with Gasteiger partial charge >= 0.3 is 33.2 Å². The van der Waals surface area contributed by atoms with Gasteiger partial charge in [0, 0.05) is 22.2 Å². The van der Waals surface area contributed by atoms with E-state index in [1.807, 2.05) is 62.4 Å². The van der Waals surface area contributed by atoms with Crippen LogP contribution in [-0.4, -0.2) is 43.2 Å². The fourth-order valence-corrected chi connectivity index (χ4v) is 3.42. The van der Waals surface area contributed by atoms with E-state index in [4.69, 9.17) is 7.58 Å². The third kappa shape index (κ3) is 4.18. The molecule has 0 fully saturated rings. The standard InChI is InChI=1S/2C10H9NO.2Al.4H/c2*1-7-5-6-8-3-2-4-9(12)10(8)11-7;;;;;;/h2*2-6,12H,1H3;;;;;;/q;;2*+1;;;;/p-2. The van der Waals surface area contributed by atoms with E-state index in [1.54, 1.807) is 0 Å². The Labute approximate surface area is 169 Å². The van der Waals surface area contributed by atoms with E-state index in [0.717, 1.165) is 44.7 Å². The second kappa shape index (κ2) is 8.54. The van der Waals surface area contributed by atoms with E-state index in [9.17, 15) is 0 Å². The lowest BCUT2D eigenvalue weighted by atomic mass is 10.2. The van der Waals surface area contributed by atoms with Gasteiger partial charge in [0.15, 0.2) is 0 Å². The van der Waals surface area contributed by atoms with E-state index in [1.165, 1.54) is 0 Å². The summed E-state index contributed by atoms with van der Waals surface area (Å²) in [6.45, 7) is 3.98. The van der Waals surface area contributed by atoms with Crippen molar-refractivity contribution >= 4 is 55.1 Å². The number of benzene rings is 2. The molecule has 2 heterocycles. The average molecular weight is 374 g/mol. The molecule has 26 heavy (non-hydrogen) atoms. The Hall–Kier alpha value is -2.08. The summed E-state index contributed by atoms with van der Waals surface area (Å²) < 4.78 is 10.7. The molecule has 0 unspecified atom stereocenters. The summed E-state index contributed by atoms with van der Waals surface area (Å²) in [5.41, 5.74) is 3.99. The van der Waals surface area contributed by atoms with Crippen LogP contribution in [-0.2, 0) is 0 Å². The molecular weight excluding hydrogens is 354 g/mol. The maximum atomic E-state index is 5.36. The van der Waals surface area contributed by atoms with E-state index in [2.05, 4.69) is 22.1 Å². The van der Waals surface area contributed by atoms with Crippen molar-refractivity contribution in [3.05, 3.63) is 72.1 Å². The normalized spacial score (nSPS) is 10.2. The van der Waals surface area contributed by atoms with Gasteiger partial charge in [-0.2, -0.15) is 0 Å². The van der Waals surface area contributed by atoms with Gasteiger partial charge in [-0.05, 0) is 38.1 Å². The maximum absolute atomic E-state index is 5.36. The Bertz CT molecular complexity index is 969. The Kier molecular flexibility index (Phi) is 6.14. The first-order valence-electron chi connectivity index (χ1n) is 8.43. The molecular formula is C20H20Al2N2O2. The van der Waals surface area contributed by atoms with Crippen LogP contribution in [0.15, 0.2) is 60.7 Å². The van der Waals surface area contributed by atoms with Crippen LogP contribution in [0.3, 0.4) is 0 Å². The molecule has 6 heteroatoms. The predicted molar refractivity (Wildman–Crippen MR) is 111 cm³/mol. The first-order chi connectivity index (χ1) is 12.6. The highest BCUT2D eigenvalue weighted by atomic mass is 27.1. The fraction of sp³-hybridized carbons (Fsp3) is 0.100. The molecule has 0 bridgehead atoms. The van der Waals surface area contributed by atoms with Crippen LogP contribution in [0.5, 0.6) is 11.5 Å². The van der Waals surface area contributed by atoms with Gasteiger partial charge in [-0.3, -0.25) is 0 Å². The van der Waals surface area contributed by atoms with Crippen molar-refractivity contribution in [2.24, 2.45) is 0 Å². The number of pyridine rings is 2. The molecule has 0 aliphatic rings. The smallest absolute Gasteiger partial charge is 0.497 e. The van der Waals surface area contributed by atoms with Gasteiger partial charge in [-0.1, -0.05) is 36.4 Å². The van der Waals surface area contributed by atoms with Gasteiger partial charge in [0.05, 0.1) is 0 Å². The summed E-state index contributed by atoms with van der Waals surface area (Å²) in [5.74, 6) is 1.79. The summed E-state index contributed by atoms with van der Waals surface area (Å²) >= 11 is 1.41. The Morgan fingerprint density at radius 1 is 0.615 bits per heavy atom. The Morgan fingerprint density at radius 2 is 1.04 bits per heavy atom. The number of rotatable bonds is 2. The second-order valence-electron chi connectivity index (χ2n) is 5.97. The molecule has 2 aromatic heterocycles. The summed E-state index contributed by atoms with van der Waals surface area (Å²) in [6, 6.07) is 20.2. The van der Waals surface area contributed by atoms with Crippen LogP contribution >= 0.6 is 0 Å². The topological polar surface area (TPSA) is 44.2 Å². The van der Waals surface area contributed by atoms with Crippen LogP contribution in [0.1, 0.15) is 11.4 Å². The van der Waals surface area contributed by atoms with Crippen molar-refractivity contribution in [1.82, 2.24) is 9.97 Å². The van der Waals surface area contributed by atoms with Crippen molar-refractivity contribution in [3.8, 4) is 11.5 Å². The van der Waals surface area contributed by atoms with Crippen LogP contribution in [0.25, 0.3) is 21.8 Å². The molecule has 0 saturated carbocycles. The van der Waals surface area contributed by atoms with Gasteiger partial charge in [-0.15, -0.1) is 0 Å². The predicted octanol–water partition coefficient (Wildman–Crippen LogP) is 2.94. The van der Waals surface area contributed by atoms with Gasteiger partial charge in [0.2, 0.25) is 0 Å². The third-order valence-electron chi connectivity index (χ3n) is 4.08. The monoisotopic (exact) mass is 374 g/mol. The molecule has 4 aromatic rings. The van der Waals surface area contributed by atoms with Gasteiger partial charge in [0.25, 0.3) is 0 Å². The highest BCUT2D eigenvalue weighted by molar-refractivity contribution is 6.02. The number of aromatic nitrogens is 2. The van der Waals surface area contributed by atoms with Crippen LogP contribution in [0.2, 0.25) is 0 Å². The fourth-order valence-electron chi connectivity index (χ4n) is 2.76. The number of nitrogens with zero attached hydrogens (tertiary/aromatic N) is 2. The number of para-hydroxylation sites is 2. The summed E-state index contributed by atoms with van der Waals surface area (Å²) in [4.78, 5) is 8.89. The average Bonchev–Trinajstić information content (AvgIpc) is 2.67. The zero-order chi connectivity index (χ0) is 18.5. The molecule has 0 N–H and O–H groups in total. The SMILES string of the molecule is Cc1ccc2cccc([O][AlH2])c2n1.Cc1ccc2cccc([O][AlH2])c2n1. The van der Waals surface area contributed by atoms with Crippen molar-refractivity contribution < 1.29 is 7.58 Å². The lowest BCUT2D eigenvalue weighted by Gasteiger charge is -2.06. The number of hydrogen-bond donors (Lipinski definition) is 0. The van der Waals surface area contributed by atoms with E-state index in [-0.39, 0.29) is 0 Å². The van der Waals surface area contributed by atoms with Gasteiger partial charge in [0.1, 0.15) is 22.5 Å². The zero-order valence-electron chi connectivity index (χ0n) is 15.5. The number of aryl methyl sites for hydroxylation is 2. The highest BCUT2D eigenvalue weighted by Crippen LogP contribution is 2.23. The lowest BCUT2D eigenvalue weighted by molar-refractivity contribution is 0.621. The van der Waals surface area contributed by atoms with Gasteiger partial charge < -0.3 is 7.58 Å². The Balaban J connectivity index is 0.000000151. The largest absolute Gasteiger partial charge is 0.646 e. The molecule has 4 rings (SSSR count).